The predicted octanol–water partition coefficient (Wildman–Crippen LogP) is 8.85. The summed E-state index contributed by atoms with van der Waals surface area (Å²) < 4.78 is 14.6. The molecule has 0 spiro atoms. The molecular formula is C37H44N3O2+. The van der Waals surface area contributed by atoms with Crippen LogP contribution in [0.5, 0.6) is 11.5 Å². The Bertz CT molecular complexity index is 1380. The van der Waals surface area contributed by atoms with Gasteiger partial charge in [0.15, 0.2) is 18.9 Å². The summed E-state index contributed by atoms with van der Waals surface area (Å²) in [5, 5.41) is 18.8. The zero-order valence-electron chi connectivity index (χ0n) is 25.4. The molecule has 0 N–H and O–H groups in total. The largest absolute Gasteiger partial charge is 0.493 e. The molecule has 0 bridgehead atoms. The molecule has 1 aromatic heterocycles. The lowest BCUT2D eigenvalue weighted by molar-refractivity contribution is -0.688. The Labute approximate surface area is 252 Å². The fraction of sp³-hybridized carbons (Fsp3) is 0.378. The van der Waals surface area contributed by atoms with Crippen molar-refractivity contribution in [3.8, 4) is 23.6 Å². The van der Waals surface area contributed by atoms with Gasteiger partial charge >= 0.3 is 0 Å². The van der Waals surface area contributed by atoms with Gasteiger partial charge in [0.05, 0.1) is 13.2 Å². The van der Waals surface area contributed by atoms with E-state index in [1.165, 1.54) is 30.4 Å². The van der Waals surface area contributed by atoms with Crippen molar-refractivity contribution in [2.75, 3.05) is 13.2 Å². The van der Waals surface area contributed by atoms with E-state index in [9.17, 15) is 10.5 Å². The van der Waals surface area contributed by atoms with E-state index in [4.69, 9.17) is 9.47 Å². The third-order valence-corrected chi connectivity index (χ3v) is 7.05. The third-order valence-electron chi connectivity index (χ3n) is 7.05. The monoisotopic (exact) mass is 562 g/mol. The summed E-state index contributed by atoms with van der Waals surface area (Å²) in [7, 11) is 0. The number of unbranched alkanes of at least 4 members (excludes halogenated alkanes) is 6. The van der Waals surface area contributed by atoms with Gasteiger partial charge in [-0.2, -0.15) is 10.5 Å². The molecule has 0 atom stereocenters. The average Bonchev–Trinajstić information content (AvgIpc) is 3.01. The number of ether oxygens (including phenoxy) is 2. The molecular weight excluding hydrogens is 518 g/mol. The van der Waals surface area contributed by atoms with E-state index in [0.717, 1.165) is 49.8 Å². The van der Waals surface area contributed by atoms with Crippen LogP contribution in [0, 0.1) is 29.6 Å². The summed E-state index contributed by atoms with van der Waals surface area (Å²) in [5.74, 6) is 1.37. The van der Waals surface area contributed by atoms with E-state index in [0.29, 0.717) is 30.3 Å². The van der Waals surface area contributed by atoms with Crippen molar-refractivity contribution in [3.63, 3.8) is 0 Å². The zero-order chi connectivity index (χ0) is 30.0. The van der Waals surface area contributed by atoms with E-state index in [1.807, 2.05) is 30.3 Å². The summed E-state index contributed by atoms with van der Waals surface area (Å²) >= 11 is 0. The minimum Gasteiger partial charge on any atom is -0.493 e. The van der Waals surface area contributed by atoms with Gasteiger partial charge in [0, 0.05) is 28.8 Å². The molecule has 3 rings (SSSR count). The highest BCUT2D eigenvalue weighted by molar-refractivity contribution is 5.77. The standard InChI is InChI=1S/C37H44N3O2/c1-4-6-8-10-22-41-36-26-35(24-33(27-38)28-39)37(42-23-11-9-7-5-2)25-34(36)17-16-31-18-20-40(21-19-31)29-32-14-12-30(3)13-15-32/h12-21,24-26H,4-11,22-23,29H2,1-3H3/q+1/b17-16+. The predicted molar refractivity (Wildman–Crippen MR) is 171 cm³/mol. The number of benzene rings is 2. The smallest absolute Gasteiger partial charge is 0.173 e. The summed E-state index contributed by atoms with van der Waals surface area (Å²) in [6.07, 6.45) is 18.7. The fourth-order valence-electron chi connectivity index (χ4n) is 4.53. The highest BCUT2D eigenvalue weighted by atomic mass is 16.5. The van der Waals surface area contributed by atoms with Crippen LogP contribution >= 0.6 is 0 Å². The van der Waals surface area contributed by atoms with E-state index in [1.54, 1.807) is 6.08 Å². The Morgan fingerprint density at radius 1 is 0.738 bits per heavy atom. The number of hydrogen-bond acceptors (Lipinski definition) is 4. The van der Waals surface area contributed by atoms with Crippen molar-refractivity contribution in [1.29, 1.82) is 10.5 Å². The zero-order valence-corrected chi connectivity index (χ0v) is 25.4. The van der Waals surface area contributed by atoms with Gasteiger partial charge in [0.1, 0.15) is 29.2 Å². The number of nitrogens with zero attached hydrogens (tertiary/aromatic N) is 3. The molecule has 0 aliphatic carbocycles. The normalized spacial score (nSPS) is 10.7. The lowest BCUT2D eigenvalue weighted by Crippen LogP contribution is -2.33. The Balaban J connectivity index is 1.87. The first-order valence-corrected chi connectivity index (χ1v) is 15.2. The van der Waals surface area contributed by atoms with Crippen LogP contribution in [0.4, 0.5) is 0 Å². The van der Waals surface area contributed by atoms with Crippen LogP contribution in [0.2, 0.25) is 0 Å². The first kappa shape index (κ1) is 32.2. The Hall–Kier alpha value is -4.35. The van der Waals surface area contributed by atoms with Crippen LogP contribution in [0.25, 0.3) is 18.2 Å². The molecule has 0 radical (unpaired) electrons. The van der Waals surface area contributed by atoms with E-state index >= 15 is 0 Å². The van der Waals surface area contributed by atoms with Gasteiger partial charge in [-0.15, -0.1) is 0 Å². The van der Waals surface area contributed by atoms with Crippen LogP contribution in [-0.2, 0) is 6.54 Å². The summed E-state index contributed by atoms with van der Waals surface area (Å²) in [6.45, 7) is 8.49. The Morgan fingerprint density at radius 2 is 1.31 bits per heavy atom. The van der Waals surface area contributed by atoms with Gasteiger partial charge in [-0.3, -0.25) is 0 Å². The maximum atomic E-state index is 9.40. The lowest BCUT2D eigenvalue weighted by atomic mass is 10.0. The number of aromatic nitrogens is 1. The molecule has 42 heavy (non-hydrogen) atoms. The number of pyridine rings is 1. The molecule has 0 saturated carbocycles. The number of nitriles is 2. The molecule has 0 saturated heterocycles. The van der Waals surface area contributed by atoms with Crippen molar-refractivity contribution in [2.24, 2.45) is 0 Å². The lowest BCUT2D eigenvalue weighted by Gasteiger charge is -2.15. The molecule has 3 aromatic rings. The van der Waals surface area contributed by atoms with Crippen molar-refractivity contribution in [2.45, 2.75) is 78.7 Å². The van der Waals surface area contributed by atoms with Gasteiger partial charge < -0.3 is 9.47 Å². The SMILES string of the molecule is CCCCCCOc1cc(/C=C/c2cc[n+](Cc3ccc(C)cc3)cc2)c(OCCCCCC)cc1C=C(C#N)C#N. The number of allylic oxidation sites excluding steroid dienone is 1. The minimum atomic E-state index is 0.0336. The fourth-order valence-corrected chi connectivity index (χ4v) is 4.53. The Morgan fingerprint density at radius 3 is 1.88 bits per heavy atom. The van der Waals surface area contributed by atoms with Crippen LogP contribution in [0.3, 0.4) is 0 Å². The van der Waals surface area contributed by atoms with Gasteiger partial charge in [0.2, 0.25) is 0 Å². The topological polar surface area (TPSA) is 69.9 Å². The highest BCUT2D eigenvalue weighted by Gasteiger charge is 2.12. The Kier molecular flexibility index (Phi) is 13.9. The third kappa shape index (κ3) is 10.9. The first-order chi connectivity index (χ1) is 20.6. The van der Waals surface area contributed by atoms with Gasteiger partial charge in [0.25, 0.3) is 0 Å². The van der Waals surface area contributed by atoms with Gasteiger partial charge in [-0.25, -0.2) is 4.57 Å². The maximum absolute atomic E-state index is 9.40. The van der Waals surface area contributed by atoms with Gasteiger partial charge in [-0.1, -0.05) is 94.4 Å². The number of rotatable bonds is 17. The average molecular weight is 563 g/mol. The molecule has 5 nitrogen and oxygen atoms in total. The van der Waals surface area contributed by atoms with Crippen LogP contribution in [0.1, 0.15) is 93.0 Å². The van der Waals surface area contributed by atoms with Crippen LogP contribution in [0.15, 0.2) is 66.5 Å². The van der Waals surface area contributed by atoms with Gasteiger partial charge in [-0.05, 0) is 43.5 Å². The van der Waals surface area contributed by atoms with E-state index < -0.39 is 0 Å². The second kappa shape index (κ2) is 18.2. The summed E-state index contributed by atoms with van der Waals surface area (Å²) in [6, 6.07) is 20.6. The van der Waals surface area contributed by atoms with Crippen LogP contribution < -0.4 is 14.0 Å². The molecule has 0 aliphatic heterocycles. The molecule has 0 amide bonds. The highest BCUT2D eigenvalue weighted by Crippen LogP contribution is 2.33. The van der Waals surface area contributed by atoms with E-state index in [-0.39, 0.29) is 5.57 Å². The molecule has 0 aliphatic rings. The second-order valence-electron chi connectivity index (χ2n) is 10.7. The quantitative estimate of drug-likeness (QED) is 0.0936. The van der Waals surface area contributed by atoms with Crippen molar-refractivity contribution in [3.05, 3.63) is 94.3 Å². The molecule has 1 heterocycles. The van der Waals surface area contributed by atoms with E-state index in [2.05, 4.69) is 80.2 Å². The van der Waals surface area contributed by atoms with Crippen molar-refractivity contribution >= 4 is 18.2 Å². The maximum Gasteiger partial charge on any atom is 0.173 e. The summed E-state index contributed by atoms with van der Waals surface area (Å²) in [5.41, 5.74) is 5.22. The van der Waals surface area contributed by atoms with Crippen LogP contribution in [-0.4, -0.2) is 13.2 Å². The number of aryl methyl sites for hydroxylation is 1. The molecule has 0 fully saturated rings. The van der Waals surface area contributed by atoms with Crippen molar-refractivity contribution in [1.82, 2.24) is 0 Å². The summed E-state index contributed by atoms with van der Waals surface area (Å²) in [4.78, 5) is 0. The molecule has 0 unspecified atom stereocenters. The second-order valence-corrected chi connectivity index (χ2v) is 10.7. The molecule has 5 heteroatoms. The molecule has 2 aromatic carbocycles. The first-order valence-electron chi connectivity index (χ1n) is 15.2. The number of hydrogen-bond donors (Lipinski definition) is 0. The minimum absolute atomic E-state index is 0.0336. The molecule has 218 valence electrons. The van der Waals surface area contributed by atoms with Crippen molar-refractivity contribution < 1.29 is 14.0 Å².